The third-order valence-electron chi connectivity index (χ3n) is 5.16. The van der Waals surface area contributed by atoms with Gasteiger partial charge in [0.15, 0.2) is 11.4 Å². The van der Waals surface area contributed by atoms with Crippen LogP contribution < -0.4 is 16.4 Å². The number of carbonyl (C=O) groups is 2. The smallest absolute Gasteiger partial charge is 0.267 e. The van der Waals surface area contributed by atoms with Gasteiger partial charge in [0.2, 0.25) is 0 Å². The molecule has 0 saturated heterocycles. The Balaban J connectivity index is 1.38. The first-order valence-electron chi connectivity index (χ1n) is 9.82. The van der Waals surface area contributed by atoms with Crippen molar-refractivity contribution in [3.8, 4) is 5.69 Å². The number of halogens is 1. The molecule has 2 aromatic carbocycles. The van der Waals surface area contributed by atoms with E-state index >= 15 is 0 Å². The summed E-state index contributed by atoms with van der Waals surface area (Å²) in [7, 11) is 0. The lowest BCUT2D eigenvalue weighted by atomic mass is 10.1. The van der Waals surface area contributed by atoms with Crippen molar-refractivity contribution < 1.29 is 9.59 Å². The number of hydrogen-bond acceptors (Lipinski definition) is 6. The Bertz CT molecular complexity index is 1410. The Morgan fingerprint density at radius 1 is 0.969 bits per heavy atom. The van der Waals surface area contributed by atoms with Crippen molar-refractivity contribution in [1.82, 2.24) is 36.0 Å². The lowest BCUT2D eigenvalue weighted by Gasteiger charge is -2.09. The number of hydrazine groups is 1. The molecule has 0 aliphatic heterocycles. The second-order valence-corrected chi connectivity index (χ2v) is 8.26. The van der Waals surface area contributed by atoms with Crippen molar-refractivity contribution in [2.75, 3.05) is 0 Å². The van der Waals surface area contributed by atoms with E-state index < -0.39 is 17.4 Å². The molecule has 10 nitrogen and oxygen atoms in total. The third-order valence-corrected chi connectivity index (χ3v) is 5.68. The highest BCUT2D eigenvalue weighted by Gasteiger charge is 2.34. The van der Waals surface area contributed by atoms with Crippen molar-refractivity contribution >= 4 is 38.5 Å². The van der Waals surface area contributed by atoms with Crippen molar-refractivity contribution in [1.29, 1.82) is 0 Å². The van der Waals surface area contributed by atoms with E-state index in [9.17, 15) is 14.4 Å². The average molecular weight is 494 g/mol. The minimum Gasteiger partial charge on any atom is -0.267 e. The fraction of sp³-hybridized carbons (Fsp3) is 0.143. The van der Waals surface area contributed by atoms with E-state index in [4.69, 9.17) is 0 Å². The molecule has 0 radical (unpaired) electrons. The van der Waals surface area contributed by atoms with Gasteiger partial charge >= 0.3 is 0 Å². The van der Waals surface area contributed by atoms with Crippen LogP contribution in [0.2, 0.25) is 0 Å². The van der Waals surface area contributed by atoms with E-state index in [-0.39, 0.29) is 17.3 Å². The maximum absolute atomic E-state index is 12.8. The van der Waals surface area contributed by atoms with E-state index in [1.807, 2.05) is 24.3 Å². The number of nitrogens with zero attached hydrogens (tertiary/aromatic N) is 4. The lowest BCUT2D eigenvalue weighted by molar-refractivity contribution is 0.0841. The first kappa shape index (κ1) is 20.1. The van der Waals surface area contributed by atoms with E-state index in [1.54, 1.807) is 28.9 Å². The van der Waals surface area contributed by atoms with Crippen LogP contribution in [0, 0.1) is 0 Å². The van der Waals surface area contributed by atoms with Crippen LogP contribution in [0.1, 0.15) is 45.4 Å². The van der Waals surface area contributed by atoms with Crippen molar-refractivity contribution in [2.24, 2.45) is 0 Å². The molecule has 0 unspecified atom stereocenters. The highest BCUT2D eigenvalue weighted by Crippen LogP contribution is 2.42. The zero-order chi connectivity index (χ0) is 22.2. The molecule has 5 rings (SSSR count). The molecule has 3 N–H and O–H groups in total. The largest absolute Gasteiger partial charge is 0.292 e. The number of aromatic nitrogens is 5. The second-order valence-electron chi connectivity index (χ2n) is 7.34. The highest BCUT2D eigenvalue weighted by atomic mass is 79.9. The quantitative estimate of drug-likeness (QED) is 0.373. The number of benzene rings is 2. The maximum Gasteiger partial charge on any atom is 0.292 e. The van der Waals surface area contributed by atoms with Crippen LogP contribution in [-0.2, 0) is 0 Å². The van der Waals surface area contributed by atoms with Crippen LogP contribution in [0.3, 0.4) is 0 Å². The fourth-order valence-corrected chi connectivity index (χ4v) is 3.73. The molecule has 32 heavy (non-hydrogen) atoms. The fourth-order valence-electron chi connectivity index (χ4n) is 3.47. The van der Waals surface area contributed by atoms with Gasteiger partial charge in [-0.1, -0.05) is 39.3 Å². The minimum absolute atomic E-state index is 0.0126. The molecule has 0 bridgehead atoms. The summed E-state index contributed by atoms with van der Waals surface area (Å²) in [4.78, 5) is 37.4. The van der Waals surface area contributed by atoms with Gasteiger partial charge < -0.3 is 0 Å². The van der Waals surface area contributed by atoms with Gasteiger partial charge in [-0.15, -0.1) is 5.10 Å². The molecule has 160 valence electrons. The maximum atomic E-state index is 12.8. The van der Waals surface area contributed by atoms with Gasteiger partial charge in [0.1, 0.15) is 0 Å². The average Bonchev–Trinajstić information content (AvgIpc) is 3.56. The number of rotatable bonds is 4. The molecule has 1 fully saturated rings. The Morgan fingerprint density at radius 3 is 2.31 bits per heavy atom. The summed E-state index contributed by atoms with van der Waals surface area (Å²) in [6.45, 7) is 0. The van der Waals surface area contributed by atoms with Crippen molar-refractivity contribution in [3.63, 3.8) is 0 Å². The van der Waals surface area contributed by atoms with E-state index in [0.717, 1.165) is 23.0 Å². The SMILES string of the molecule is O=C(NNC(=O)c1n[nH]c(=O)c2ccccc12)c1nnn(-c2ccc(Br)cc2)c1C1CC1. The molecule has 0 atom stereocenters. The van der Waals surface area contributed by atoms with Gasteiger partial charge in [0, 0.05) is 15.8 Å². The third kappa shape index (κ3) is 3.66. The molecule has 0 spiro atoms. The van der Waals surface area contributed by atoms with Gasteiger partial charge in [-0.05, 0) is 43.2 Å². The number of amides is 2. The van der Waals surface area contributed by atoms with E-state index in [0.29, 0.717) is 16.5 Å². The zero-order valence-electron chi connectivity index (χ0n) is 16.5. The normalized spacial score (nSPS) is 13.2. The summed E-state index contributed by atoms with van der Waals surface area (Å²) in [6, 6.07) is 14.1. The van der Waals surface area contributed by atoms with Crippen molar-refractivity contribution in [2.45, 2.75) is 18.8 Å². The number of hydrogen-bond donors (Lipinski definition) is 3. The Morgan fingerprint density at radius 2 is 1.62 bits per heavy atom. The molecule has 11 heteroatoms. The number of fused-ring (bicyclic) bond motifs is 1. The van der Waals surface area contributed by atoms with Crippen LogP contribution in [0.5, 0.6) is 0 Å². The summed E-state index contributed by atoms with van der Waals surface area (Å²) < 4.78 is 2.58. The molecule has 1 aliphatic carbocycles. The van der Waals surface area contributed by atoms with Crippen molar-refractivity contribution in [3.05, 3.63) is 80.4 Å². The van der Waals surface area contributed by atoms with Crippen LogP contribution in [0.4, 0.5) is 0 Å². The second kappa shape index (κ2) is 8.00. The summed E-state index contributed by atoms with van der Waals surface area (Å²) in [5.74, 6) is -1.08. The molecule has 1 saturated carbocycles. The summed E-state index contributed by atoms with van der Waals surface area (Å²) in [5.41, 5.74) is 5.95. The Labute approximate surface area is 189 Å². The van der Waals surface area contributed by atoms with Crippen LogP contribution in [-0.4, -0.2) is 37.0 Å². The first-order valence-corrected chi connectivity index (χ1v) is 10.6. The predicted octanol–water partition coefficient (Wildman–Crippen LogP) is 2.22. The molecule has 2 heterocycles. The van der Waals surface area contributed by atoms with Gasteiger partial charge in [-0.2, -0.15) is 5.10 Å². The molecule has 1 aliphatic rings. The molecular formula is C21H16BrN7O3. The number of H-pyrrole nitrogens is 1. The first-order chi connectivity index (χ1) is 15.5. The predicted molar refractivity (Wildman–Crippen MR) is 118 cm³/mol. The summed E-state index contributed by atoms with van der Waals surface area (Å²) in [5, 5.41) is 15.0. The standard InChI is InChI=1S/C21H16BrN7O3/c22-12-7-9-13(10-8-12)29-18(11-5-6-11)17(24-28-29)21(32)27-26-20(31)16-14-3-1-2-4-15(14)19(30)25-23-16/h1-4,7-11H,5-6H2,(H,25,30)(H,26,31)(H,27,32). The van der Waals surface area contributed by atoms with Gasteiger partial charge in [0.05, 0.1) is 16.8 Å². The van der Waals surface area contributed by atoms with Gasteiger partial charge in [-0.3, -0.25) is 25.2 Å². The van der Waals surface area contributed by atoms with Crippen LogP contribution in [0.15, 0.2) is 57.8 Å². The Hall–Kier alpha value is -3.86. The molecule has 4 aromatic rings. The molecule has 2 aromatic heterocycles. The van der Waals surface area contributed by atoms with Crippen LogP contribution >= 0.6 is 15.9 Å². The highest BCUT2D eigenvalue weighted by molar-refractivity contribution is 9.10. The van der Waals surface area contributed by atoms with E-state index in [2.05, 4.69) is 47.3 Å². The van der Waals surface area contributed by atoms with E-state index in [1.165, 1.54) is 0 Å². The summed E-state index contributed by atoms with van der Waals surface area (Å²) in [6.07, 6.45) is 1.87. The lowest BCUT2D eigenvalue weighted by Crippen LogP contribution is -2.42. The number of nitrogens with one attached hydrogen (secondary N) is 3. The minimum atomic E-state index is -0.668. The van der Waals surface area contributed by atoms with Gasteiger partial charge in [-0.25, -0.2) is 9.78 Å². The summed E-state index contributed by atoms with van der Waals surface area (Å²) >= 11 is 3.40. The topological polar surface area (TPSA) is 135 Å². The van der Waals surface area contributed by atoms with Crippen LogP contribution in [0.25, 0.3) is 16.5 Å². The molecule has 2 amide bonds. The Kier molecular flexibility index (Phi) is 5.02. The monoisotopic (exact) mass is 493 g/mol. The number of carbonyl (C=O) groups excluding carboxylic acids is 2. The number of aromatic amines is 1. The van der Waals surface area contributed by atoms with Gasteiger partial charge in [0.25, 0.3) is 17.4 Å². The zero-order valence-corrected chi connectivity index (χ0v) is 18.1. The molecular weight excluding hydrogens is 478 g/mol.